The van der Waals surface area contributed by atoms with Gasteiger partial charge in [0.15, 0.2) is 23.0 Å². The number of ether oxygens (including phenoxy) is 5. The highest BCUT2D eigenvalue weighted by Crippen LogP contribution is 2.40. The molecule has 5 rings (SSSR count). The monoisotopic (exact) mass is 636 g/mol. The Kier molecular flexibility index (Phi) is 9.44. The summed E-state index contributed by atoms with van der Waals surface area (Å²) in [5.41, 5.74) is 0.900. The zero-order valence-electron chi connectivity index (χ0n) is 26.6. The quantitative estimate of drug-likeness (QED) is 0.223. The largest absolute Gasteiger partial charge is 0.493 e. The van der Waals surface area contributed by atoms with E-state index in [2.05, 4.69) is 10.2 Å². The van der Waals surface area contributed by atoms with Gasteiger partial charge in [-0.3, -0.25) is 19.2 Å². The summed E-state index contributed by atoms with van der Waals surface area (Å²) in [4.78, 5) is 56.4. The van der Waals surface area contributed by atoms with Gasteiger partial charge in [0.2, 0.25) is 17.5 Å². The summed E-state index contributed by atoms with van der Waals surface area (Å²) >= 11 is 0. The number of amides is 2. The van der Waals surface area contributed by atoms with Crippen LogP contribution in [0.25, 0.3) is 0 Å². The summed E-state index contributed by atoms with van der Waals surface area (Å²) < 4.78 is 32.7. The molecule has 0 saturated carbocycles. The Morgan fingerprint density at radius 1 is 0.652 bits per heavy atom. The number of rotatable bonds is 11. The van der Waals surface area contributed by atoms with Crippen LogP contribution in [0.3, 0.4) is 0 Å². The van der Waals surface area contributed by atoms with Crippen LogP contribution in [0.4, 0.5) is 0 Å². The van der Waals surface area contributed by atoms with E-state index in [4.69, 9.17) is 28.1 Å². The van der Waals surface area contributed by atoms with Gasteiger partial charge >= 0.3 is 0 Å². The van der Waals surface area contributed by atoms with E-state index in [1.54, 1.807) is 13.0 Å². The molecule has 2 saturated heterocycles. The SMILES string of the molecule is COc1cc(C(=O)C(=O)N2CCCC2c2nnc(C3CCCN3C(=O)C(=O)c3cc(OC)c(OC)c(OC)c3)o2)cc(C)c1OC. The molecular formula is C32H36N4O10. The summed E-state index contributed by atoms with van der Waals surface area (Å²) in [7, 11) is 7.24. The van der Waals surface area contributed by atoms with Gasteiger partial charge in [-0.25, -0.2) is 0 Å². The van der Waals surface area contributed by atoms with Gasteiger partial charge < -0.3 is 37.9 Å². The average Bonchev–Trinajstić information content (AvgIpc) is 3.86. The summed E-state index contributed by atoms with van der Waals surface area (Å²) in [6.45, 7) is 2.40. The lowest BCUT2D eigenvalue weighted by atomic mass is 10.0. The predicted molar refractivity (Wildman–Crippen MR) is 161 cm³/mol. The number of methoxy groups -OCH3 is 5. The molecule has 0 aliphatic carbocycles. The molecule has 46 heavy (non-hydrogen) atoms. The van der Waals surface area contributed by atoms with Crippen LogP contribution in [0.2, 0.25) is 0 Å². The minimum atomic E-state index is -0.762. The molecule has 3 heterocycles. The molecule has 1 aromatic heterocycles. The number of ketones is 2. The highest BCUT2D eigenvalue weighted by Gasteiger charge is 2.41. The fourth-order valence-electron chi connectivity index (χ4n) is 6.05. The molecule has 2 aliphatic heterocycles. The van der Waals surface area contributed by atoms with E-state index in [0.717, 1.165) is 0 Å². The number of carbonyl (C=O) groups is 4. The third kappa shape index (κ3) is 5.82. The Labute approximate surface area is 265 Å². The first-order valence-corrected chi connectivity index (χ1v) is 14.7. The molecule has 244 valence electrons. The molecular weight excluding hydrogens is 600 g/mol. The fourth-order valence-corrected chi connectivity index (χ4v) is 6.05. The van der Waals surface area contributed by atoms with Crippen molar-refractivity contribution in [3.05, 3.63) is 52.7 Å². The molecule has 2 amide bonds. The molecule has 2 aromatic carbocycles. The first-order chi connectivity index (χ1) is 22.2. The van der Waals surface area contributed by atoms with Gasteiger partial charge in [-0.1, -0.05) is 0 Å². The van der Waals surface area contributed by atoms with Crippen molar-refractivity contribution in [2.75, 3.05) is 48.6 Å². The molecule has 14 heteroatoms. The lowest BCUT2D eigenvalue weighted by molar-refractivity contribution is -0.128. The number of carbonyl (C=O) groups excluding carboxylic acids is 4. The molecule has 2 fully saturated rings. The van der Waals surface area contributed by atoms with Crippen molar-refractivity contribution in [3.63, 3.8) is 0 Å². The van der Waals surface area contributed by atoms with Crippen molar-refractivity contribution in [3.8, 4) is 28.7 Å². The van der Waals surface area contributed by atoms with E-state index in [0.29, 0.717) is 61.6 Å². The molecule has 2 aliphatic rings. The number of aromatic nitrogens is 2. The first-order valence-electron chi connectivity index (χ1n) is 14.7. The minimum absolute atomic E-state index is 0.0748. The van der Waals surface area contributed by atoms with E-state index < -0.39 is 35.5 Å². The van der Waals surface area contributed by atoms with Gasteiger partial charge in [-0.05, 0) is 62.4 Å². The van der Waals surface area contributed by atoms with E-state index in [-0.39, 0.29) is 34.4 Å². The van der Waals surface area contributed by atoms with Gasteiger partial charge in [0, 0.05) is 24.2 Å². The van der Waals surface area contributed by atoms with Crippen LogP contribution in [0.5, 0.6) is 28.7 Å². The Balaban J connectivity index is 1.34. The van der Waals surface area contributed by atoms with Crippen LogP contribution in [-0.2, 0) is 9.59 Å². The number of likely N-dealkylation sites (tertiary alicyclic amines) is 2. The van der Waals surface area contributed by atoms with Crippen molar-refractivity contribution < 1.29 is 47.3 Å². The minimum Gasteiger partial charge on any atom is -0.493 e. The second-order valence-electron chi connectivity index (χ2n) is 10.9. The van der Waals surface area contributed by atoms with Gasteiger partial charge in [0.05, 0.1) is 35.5 Å². The molecule has 0 spiro atoms. The zero-order valence-corrected chi connectivity index (χ0v) is 26.6. The third-order valence-electron chi connectivity index (χ3n) is 8.30. The number of hydrogen-bond donors (Lipinski definition) is 0. The third-order valence-corrected chi connectivity index (χ3v) is 8.30. The second kappa shape index (κ2) is 13.5. The van der Waals surface area contributed by atoms with Crippen LogP contribution >= 0.6 is 0 Å². The van der Waals surface area contributed by atoms with Crippen molar-refractivity contribution in [1.82, 2.24) is 20.0 Å². The highest BCUT2D eigenvalue weighted by atomic mass is 16.5. The number of nitrogens with zero attached hydrogens (tertiary/aromatic N) is 4. The van der Waals surface area contributed by atoms with Crippen LogP contribution in [0.1, 0.15) is 75.8 Å². The Morgan fingerprint density at radius 3 is 1.48 bits per heavy atom. The molecule has 3 aromatic rings. The normalized spacial score (nSPS) is 17.5. The molecule has 0 N–H and O–H groups in total. The Bertz CT molecular complexity index is 1640. The van der Waals surface area contributed by atoms with Crippen LogP contribution in [-0.4, -0.2) is 92.0 Å². The molecule has 2 atom stereocenters. The summed E-state index contributed by atoms with van der Waals surface area (Å²) in [5, 5.41) is 8.41. The smallest absolute Gasteiger partial charge is 0.295 e. The maximum absolute atomic E-state index is 13.5. The average molecular weight is 637 g/mol. The molecule has 0 radical (unpaired) electrons. The van der Waals surface area contributed by atoms with Crippen molar-refractivity contribution >= 4 is 23.4 Å². The summed E-state index contributed by atoms with van der Waals surface area (Å²) in [6, 6.07) is 4.66. The number of aryl methyl sites for hydroxylation is 1. The maximum atomic E-state index is 13.5. The van der Waals surface area contributed by atoms with Crippen molar-refractivity contribution in [1.29, 1.82) is 0 Å². The van der Waals surface area contributed by atoms with Gasteiger partial charge in [0.1, 0.15) is 12.1 Å². The second-order valence-corrected chi connectivity index (χ2v) is 10.9. The lowest BCUT2D eigenvalue weighted by Gasteiger charge is -2.23. The van der Waals surface area contributed by atoms with Gasteiger partial charge in [-0.2, -0.15) is 0 Å². The van der Waals surface area contributed by atoms with E-state index >= 15 is 0 Å². The Hall–Kier alpha value is -5.14. The standard InChI is InChI=1S/C32H36N4O10/c1-17-13-18(14-22(41-2)27(17)44-5)25(37)31(39)35-11-7-9-20(35)29-33-34-30(46-29)21-10-8-12-36(21)32(40)26(38)19-15-23(42-3)28(45-6)24(16-19)43-4/h13-16,20-21H,7-12H2,1-6H3. The number of Topliss-reactive ketones (excluding diaryl/α,β-unsaturated/α-hetero) is 2. The number of hydrogen-bond acceptors (Lipinski definition) is 12. The van der Waals surface area contributed by atoms with Crippen molar-refractivity contribution in [2.45, 2.75) is 44.7 Å². The highest BCUT2D eigenvalue weighted by molar-refractivity contribution is 6.43. The summed E-state index contributed by atoms with van der Waals surface area (Å²) in [6.07, 6.45) is 2.26. The van der Waals surface area contributed by atoms with E-state index in [1.807, 2.05) is 0 Å². The molecule has 14 nitrogen and oxygen atoms in total. The fraction of sp³-hybridized carbons (Fsp3) is 0.438. The first kappa shape index (κ1) is 32.3. The van der Waals surface area contributed by atoms with Crippen LogP contribution in [0, 0.1) is 6.92 Å². The molecule has 0 bridgehead atoms. The predicted octanol–water partition coefficient (Wildman–Crippen LogP) is 3.51. The number of benzene rings is 2. The maximum Gasteiger partial charge on any atom is 0.295 e. The summed E-state index contributed by atoms with van der Waals surface area (Å²) in [5.74, 6) is -0.992. The van der Waals surface area contributed by atoms with Crippen LogP contribution < -0.4 is 23.7 Å². The van der Waals surface area contributed by atoms with Crippen molar-refractivity contribution in [2.24, 2.45) is 0 Å². The van der Waals surface area contributed by atoms with Gasteiger partial charge in [-0.15, -0.1) is 10.2 Å². The zero-order chi connectivity index (χ0) is 33.1. The van der Waals surface area contributed by atoms with E-state index in [1.165, 1.54) is 63.5 Å². The molecule has 2 unspecified atom stereocenters. The topological polar surface area (TPSA) is 160 Å². The van der Waals surface area contributed by atoms with E-state index in [9.17, 15) is 19.2 Å². The Morgan fingerprint density at radius 2 is 1.07 bits per heavy atom. The van der Waals surface area contributed by atoms with Crippen LogP contribution in [0.15, 0.2) is 28.7 Å². The van der Waals surface area contributed by atoms with Gasteiger partial charge in [0.25, 0.3) is 23.4 Å². The lowest BCUT2D eigenvalue weighted by Crippen LogP contribution is -2.36.